The molecule has 0 saturated carbocycles. The van der Waals surface area contributed by atoms with Crippen LogP contribution < -0.4 is 15.4 Å². The van der Waals surface area contributed by atoms with Crippen molar-refractivity contribution < 1.29 is 34.1 Å². The van der Waals surface area contributed by atoms with Gasteiger partial charge in [-0.1, -0.05) is 60.7 Å². The van der Waals surface area contributed by atoms with E-state index in [1.807, 2.05) is 69.3 Å². The highest BCUT2D eigenvalue weighted by atomic mass is 16.5. The third-order valence-corrected chi connectivity index (χ3v) is 6.54. The van der Waals surface area contributed by atoms with Gasteiger partial charge in [0.25, 0.3) is 0 Å². The van der Waals surface area contributed by atoms with E-state index in [9.17, 15) is 24.6 Å². The third-order valence-electron chi connectivity index (χ3n) is 6.54. The lowest BCUT2D eigenvalue weighted by atomic mass is 9.98. The number of aliphatic hydroxyl groups excluding tert-OH is 1. The van der Waals surface area contributed by atoms with Gasteiger partial charge in [-0.3, -0.25) is 4.79 Å². The van der Waals surface area contributed by atoms with Gasteiger partial charge in [0, 0.05) is 12.3 Å². The molecule has 2 atom stereocenters. The van der Waals surface area contributed by atoms with Gasteiger partial charge in [0.05, 0.1) is 6.61 Å². The zero-order chi connectivity index (χ0) is 28.9. The third kappa shape index (κ3) is 6.98. The van der Waals surface area contributed by atoms with Crippen molar-refractivity contribution in [2.45, 2.75) is 50.8 Å². The van der Waals surface area contributed by atoms with E-state index in [4.69, 9.17) is 9.47 Å². The summed E-state index contributed by atoms with van der Waals surface area (Å²) in [4.78, 5) is 37.3. The number of carbonyl (C=O) groups excluding carboxylic acids is 2. The minimum atomic E-state index is -1.51. The van der Waals surface area contributed by atoms with Crippen LogP contribution >= 0.6 is 0 Å². The zero-order valence-corrected chi connectivity index (χ0v) is 22.7. The topological polar surface area (TPSA) is 134 Å². The summed E-state index contributed by atoms with van der Waals surface area (Å²) in [5, 5.41) is 23.5. The Morgan fingerprint density at radius 1 is 0.850 bits per heavy atom. The second-order valence-electron chi connectivity index (χ2n) is 10.7. The number of carboxylic acid groups (broad SMARTS) is 1. The molecule has 3 aromatic rings. The maximum absolute atomic E-state index is 13.0. The van der Waals surface area contributed by atoms with Crippen LogP contribution in [0.3, 0.4) is 0 Å². The number of carboxylic acids is 1. The molecule has 9 heteroatoms. The Labute approximate surface area is 233 Å². The van der Waals surface area contributed by atoms with E-state index in [-0.39, 0.29) is 24.5 Å². The Morgan fingerprint density at radius 3 is 1.95 bits per heavy atom. The smallest absolute Gasteiger partial charge is 0.407 e. The van der Waals surface area contributed by atoms with Crippen molar-refractivity contribution in [1.82, 2.24) is 10.6 Å². The van der Waals surface area contributed by atoms with Crippen LogP contribution in [0.4, 0.5) is 4.79 Å². The van der Waals surface area contributed by atoms with Crippen LogP contribution in [0.15, 0.2) is 72.8 Å². The first-order valence-electron chi connectivity index (χ1n) is 13.1. The van der Waals surface area contributed by atoms with E-state index in [1.54, 1.807) is 24.3 Å². The zero-order valence-electron chi connectivity index (χ0n) is 22.7. The summed E-state index contributed by atoms with van der Waals surface area (Å²) in [6.45, 7) is 5.05. The van der Waals surface area contributed by atoms with Gasteiger partial charge in [0.2, 0.25) is 5.91 Å². The number of hydrogen-bond acceptors (Lipinski definition) is 6. The SMILES string of the molecule is CC(C)(C)Oc1ccc(C[C@H](NC(=O)OCC2c3ccccc3-c3ccccc32)C(=O)N[C@@H](CO)C(=O)O)cc1. The molecule has 0 spiro atoms. The number of rotatable bonds is 10. The van der Waals surface area contributed by atoms with Crippen molar-refractivity contribution in [3.8, 4) is 16.9 Å². The first-order chi connectivity index (χ1) is 19.1. The van der Waals surface area contributed by atoms with Crippen molar-refractivity contribution in [1.29, 1.82) is 0 Å². The van der Waals surface area contributed by atoms with Gasteiger partial charge in [-0.2, -0.15) is 0 Å². The molecule has 0 unspecified atom stereocenters. The lowest BCUT2D eigenvalue weighted by Gasteiger charge is -2.23. The molecular weight excluding hydrogens is 512 g/mol. The standard InChI is InChI=1S/C31H34N2O7/c1-31(2,3)40-20-14-12-19(13-15-20)16-26(28(35)32-27(17-34)29(36)37)33-30(38)39-18-25-23-10-6-4-8-21(23)22-9-5-7-11-24(22)25/h4-15,25-27,34H,16-18H2,1-3H3,(H,32,35)(H,33,38)(H,36,37)/t26-,27-/m0/s1. The molecule has 4 N–H and O–H groups in total. The van der Waals surface area contributed by atoms with Crippen LogP contribution in [0.2, 0.25) is 0 Å². The number of aliphatic hydroxyl groups is 1. The summed E-state index contributed by atoms with van der Waals surface area (Å²) < 4.78 is 11.4. The molecule has 210 valence electrons. The van der Waals surface area contributed by atoms with Gasteiger partial charge in [-0.15, -0.1) is 0 Å². The first kappa shape index (κ1) is 28.6. The minimum absolute atomic E-state index is 0.0570. The second kappa shape index (κ2) is 12.2. The molecule has 0 aromatic heterocycles. The van der Waals surface area contributed by atoms with E-state index < -0.39 is 36.7 Å². The normalized spacial score (nSPS) is 13.9. The molecule has 3 aromatic carbocycles. The van der Waals surface area contributed by atoms with Crippen LogP contribution in [0.5, 0.6) is 5.75 Å². The maximum Gasteiger partial charge on any atom is 0.407 e. The van der Waals surface area contributed by atoms with Gasteiger partial charge >= 0.3 is 12.1 Å². The fraction of sp³-hybridized carbons (Fsp3) is 0.323. The van der Waals surface area contributed by atoms with Gasteiger partial charge in [-0.05, 0) is 60.7 Å². The summed E-state index contributed by atoms with van der Waals surface area (Å²) in [5.74, 6) is -1.66. The quantitative estimate of drug-likeness (QED) is 0.303. The number of amides is 2. The van der Waals surface area contributed by atoms with Crippen molar-refractivity contribution in [2.24, 2.45) is 0 Å². The maximum atomic E-state index is 13.0. The molecule has 4 rings (SSSR count). The largest absolute Gasteiger partial charge is 0.488 e. The number of aliphatic carboxylic acids is 1. The van der Waals surface area contributed by atoms with Crippen molar-refractivity contribution >= 4 is 18.0 Å². The molecule has 1 aliphatic rings. The molecule has 2 amide bonds. The number of nitrogens with one attached hydrogen (secondary N) is 2. The van der Waals surface area contributed by atoms with Crippen LogP contribution in [-0.2, 0) is 20.7 Å². The van der Waals surface area contributed by atoms with Crippen molar-refractivity contribution in [3.63, 3.8) is 0 Å². The summed E-state index contributed by atoms with van der Waals surface area (Å²) in [7, 11) is 0. The van der Waals surface area contributed by atoms with Crippen molar-refractivity contribution in [3.05, 3.63) is 89.5 Å². The summed E-state index contributed by atoms with van der Waals surface area (Å²) in [6.07, 6.45) is -0.755. The molecule has 0 saturated heterocycles. The van der Waals surface area contributed by atoms with Gasteiger partial charge in [0.15, 0.2) is 0 Å². The lowest BCUT2D eigenvalue weighted by molar-refractivity contribution is -0.143. The summed E-state index contributed by atoms with van der Waals surface area (Å²) in [6, 6.07) is 20.3. The number of alkyl carbamates (subject to hydrolysis) is 1. The van der Waals surface area contributed by atoms with E-state index >= 15 is 0 Å². The molecule has 0 aliphatic heterocycles. The molecule has 9 nitrogen and oxygen atoms in total. The highest BCUT2D eigenvalue weighted by Gasteiger charge is 2.31. The van der Waals surface area contributed by atoms with Crippen LogP contribution in [-0.4, -0.2) is 59.1 Å². The highest BCUT2D eigenvalue weighted by molar-refractivity contribution is 5.89. The Hall–Kier alpha value is -4.37. The average Bonchev–Trinajstić information content (AvgIpc) is 3.23. The van der Waals surface area contributed by atoms with Gasteiger partial charge < -0.3 is 30.3 Å². The predicted octanol–water partition coefficient (Wildman–Crippen LogP) is 3.88. The molecule has 0 fully saturated rings. The number of ether oxygens (including phenoxy) is 2. The summed E-state index contributed by atoms with van der Waals surface area (Å²) >= 11 is 0. The van der Waals surface area contributed by atoms with Crippen LogP contribution in [0.25, 0.3) is 11.1 Å². The average molecular weight is 547 g/mol. The summed E-state index contributed by atoms with van der Waals surface area (Å²) in [5.41, 5.74) is 4.60. The number of hydrogen-bond donors (Lipinski definition) is 4. The number of benzene rings is 3. The highest BCUT2D eigenvalue weighted by Crippen LogP contribution is 2.44. The second-order valence-corrected chi connectivity index (χ2v) is 10.7. The molecule has 1 aliphatic carbocycles. The Bertz CT molecular complexity index is 1320. The Balaban J connectivity index is 1.47. The molecule has 40 heavy (non-hydrogen) atoms. The van der Waals surface area contributed by atoms with E-state index in [0.29, 0.717) is 11.3 Å². The van der Waals surface area contributed by atoms with E-state index in [1.165, 1.54) is 0 Å². The number of fused-ring (bicyclic) bond motifs is 3. The van der Waals surface area contributed by atoms with E-state index in [2.05, 4.69) is 10.6 Å². The van der Waals surface area contributed by atoms with E-state index in [0.717, 1.165) is 22.3 Å². The fourth-order valence-electron chi connectivity index (χ4n) is 4.73. The molecule has 0 bridgehead atoms. The van der Waals surface area contributed by atoms with Gasteiger partial charge in [0.1, 0.15) is 30.0 Å². The first-order valence-corrected chi connectivity index (χ1v) is 13.1. The Kier molecular flexibility index (Phi) is 8.74. The molecule has 0 radical (unpaired) electrons. The number of carbonyl (C=O) groups is 3. The monoisotopic (exact) mass is 546 g/mol. The van der Waals surface area contributed by atoms with Crippen LogP contribution in [0.1, 0.15) is 43.4 Å². The fourth-order valence-corrected chi connectivity index (χ4v) is 4.73. The molecule has 0 heterocycles. The van der Waals surface area contributed by atoms with Crippen molar-refractivity contribution in [2.75, 3.05) is 13.2 Å². The lowest BCUT2D eigenvalue weighted by Crippen LogP contribution is -2.53. The predicted molar refractivity (Wildman–Crippen MR) is 149 cm³/mol. The van der Waals surface area contributed by atoms with Crippen LogP contribution in [0, 0.1) is 0 Å². The van der Waals surface area contributed by atoms with Gasteiger partial charge in [-0.25, -0.2) is 9.59 Å². The minimum Gasteiger partial charge on any atom is -0.488 e. The molecular formula is C31H34N2O7. The Morgan fingerprint density at radius 2 is 1.43 bits per heavy atom.